The van der Waals surface area contributed by atoms with Gasteiger partial charge < -0.3 is 19.1 Å². The van der Waals surface area contributed by atoms with E-state index in [1.165, 1.54) is 0 Å². The molecule has 4 rings (SSSR count). The van der Waals surface area contributed by atoms with Crippen LogP contribution >= 0.6 is 11.6 Å². The standard InChI is InChI=1S/C21H22ClNO4/c1-2-3-10-25-17-7-4-15(5-8-17)14-23-19-9-6-16(22)13-18(19)21(20(23)24)26-11-12-27-21/h4-9,13H,2-3,10-12,14H2,1H3. The second-order valence-electron chi connectivity index (χ2n) is 6.71. The van der Waals surface area contributed by atoms with Crippen LogP contribution in [0.5, 0.6) is 5.75 Å². The van der Waals surface area contributed by atoms with Gasteiger partial charge in [-0.05, 0) is 42.3 Å². The molecule has 0 N–H and O–H groups in total. The van der Waals surface area contributed by atoms with E-state index in [1.54, 1.807) is 17.0 Å². The number of benzene rings is 2. The van der Waals surface area contributed by atoms with Crippen LogP contribution in [0.25, 0.3) is 0 Å². The van der Waals surface area contributed by atoms with Gasteiger partial charge in [-0.15, -0.1) is 0 Å². The van der Waals surface area contributed by atoms with Crippen molar-refractivity contribution in [2.75, 3.05) is 24.7 Å². The molecule has 0 saturated carbocycles. The van der Waals surface area contributed by atoms with Gasteiger partial charge in [-0.2, -0.15) is 0 Å². The molecule has 0 aromatic heterocycles. The van der Waals surface area contributed by atoms with Gasteiger partial charge in [-0.25, -0.2) is 0 Å². The minimum Gasteiger partial charge on any atom is -0.494 e. The monoisotopic (exact) mass is 387 g/mol. The highest BCUT2D eigenvalue weighted by Gasteiger charge is 2.56. The van der Waals surface area contributed by atoms with Crippen molar-refractivity contribution in [3.8, 4) is 5.75 Å². The number of ether oxygens (including phenoxy) is 3. The van der Waals surface area contributed by atoms with Gasteiger partial charge in [0.25, 0.3) is 11.7 Å². The summed E-state index contributed by atoms with van der Waals surface area (Å²) in [6.07, 6.45) is 2.13. The Labute approximate surface area is 163 Å². The smallest absolute Gasteiger partial charge is 0.292 e. The first-order chi connectivity index (χ1) is 13.1. The number of hydrogen-bond donors (Lipinski definition) is 0. The molecular formula is C21H22ClNO4. The van der Waals surface area contributed by atoms with Gasteiger partial charge in [0.2, 0.25) is 0 Å². The Balaban J connectivity index is 1.57. The van der Waals surface area contributed by atoms with E-state index in [0.717, 1.165) is 29.8 Å². The Morgan fingerprint density at radius 3 is 2.59 bits per heavy atom. The van der Waals surface area contributed by atoms with Crippen molar-refractivity contribution in [3.05, 3.63) is 58.6 Å². The van der Waals surface area contributed by atoms with Crippen LogP contribution in [0.3, 0.4) is 0 Å². The zero-order valence-corrected chi connectivity index (χ0v) is 16.0. The largest absolute Gasteiger partial charge is 0.494 e. The third kappa shape index (κ3) is 3.31. The fourth-order valence-electron chi connectivity index (χ4n) is 3.47. The molecule has 5 nitrogen and oxygen atoms in total. The van der Waals surface area contributed by atoms with Crippen molar-refractivity contribution in [3.63, 3.8) is 0 Å². The fraction of sp³-hybridized carbons (Fsp3) is 0.381. The first-order valence-electron chi connectivity index (χ1n) is 9.26. The van der Waals surface area contributed by atoms with Gasteiger partial charge in [0.15, 0.2) is 0 Å². The van der Waals surface area contributed by atoms with Gasteiger partial charge in [0.05, 0.1) is 32.1 Å². The van der Waals surface area contributed by atoms with Crippen molar-refractivity contribution in [1.29, 1.82) is 0 Å². The van der Waals surface area contributed by atoms with E-state index in [1.807, 2.05) is 30.3 Å². The average molecular weight is 388 g/mol. The van der Waals surface area contributed by atoms with Crippen LogP contribution in [0.2, 0.25) is 5.02 Å². The van der Waals surface area contributed by atoms with Crippen LogP contribution in [0, 0.1) is 0 Å². The van der Waals surface area contributed by atoms with Crippen molar-refractivity contribution in [2.45, 2.75) is 32.1 Å². The normalized spacial score (nSPS) is 17.6. The van der Waals surface area contributed by atoms with E-state index in [4.69, 9.17) is 25.8 Å². The van der Waals surface area contributed by atoms with E-state index in [-0.39, 0.29) is 5.91 Å². The molecule has 0 aliphatic carbocycles. The van der Waals surface area contributed by atoms with E-state index >= 15 is 0 Å². The van der Waals surface area contributed by atoms with Gasteiger partial charge in [0.1, 0.15) is 5.75 Å². The third-order valence-corrected chi connectivity index (χ3v) is 5.09. The molecular weight excluding hydrogens is 366 g/mol. The van der Waals surface area contributed by atoms with E-state index in [0.29, 0.717) is 37.0 Å². The lowest BCUT2D eigenvalue weighted by Crippen LogP contribution is -2.40. The van der Waals surface area contributed by atoms with E-state index in [2.05, 4.69) is 6.92 Å². The minimum absolute atomic E-state index is 0.208. The average Bonchev–Trinajstić information content (AvgIpc) is 3.25. The molecule has 1 amide bonds. The predicted molar refractivity (Wildman–Crippen MR) is 103 cm³/mol. The molecule has 1 spiro atoms. The maximum atomic E-state index is 13.2. The quantitative estimate of drug-likeness (QED) is 0.695. The molecule has 1 fully saturated rings. The summed E-state index contributed by atoms with van der Waals surface area (Å²) < 4.78 is 17.2. The number of rotatable bonds is 6. The van der Waals surface area contributed by atoms with Crippen molar-refractivity contribution in [1.82, 2.24) is 0 Å². The molecule has 2 heterocycles. The topological polar surface area (TPSA) is 48.0 Å². The highest BCUT2D eigenvalue weighted by molar-refractivity contribution is 6.31. The number of nitrogens with zero attached hydrogens (tertiary/aromatic N) is 1. The molecule has 2 aromatic rings. The third-order valence-electron chi connectivity index (χ3n) is 4.86. The summed E-state index contributed by atoms with van der Waals surface area (Å²) in [7, 11) is 0. The van der Waals surface area contributed by atoms with Crippen LogP contribution in [-0.4, -0.2) is 25.7 Å². The van der Waals surface area contributed by atoms with Crippen LogP contribution in [0.4, 0.5) is 5.69 Å². The van der Waals surface area contributed by atoms with Crippen molar-refractivity contribution >= 4 is 23.2 Å². The van der Waals surface area contributed by atoms with Gasteiger partial charge in [0, 0.05) is 10.6 Å². The second kappa shape index (κ2) is 7.50. The molecule has 1 saturated heterocycles. The predicted octanol–water partition coefficient (Wildman–Crippen LogP) is 4.27. The number of carbonyl (C=O) groups excluding carboxylic acids is 1. The molecule has 0 unspecified atom stereocenters. The Morgan fingerprint density at radius 1 is 1.15 bits per heavy atom. The number of amides is 1. The Kier molecular flexibility index (Phi) is 5.08. The summed E-state index contributed by atoms with van der Waals surface area (Å²) in [6.45, 7) is 4.04. The lowest BCUT2D eigenvalue weighted by atomic mass is 10.1. The fourth-order valence-corrected chi connectivity index (χ4v) is 3.64. The van der Waals surface area contributed by atoms with E-state index in [9.17, 15) is 4.79 Å². The summed E-state index contributed by atoms with van der Waals surface area (Å²) in [5.41, 5.74) is 2.45. The lowest BCUT2D eigenvalue weighted by molar-refractivity contribution is -0.180. The molecule has 27 heavy (non-hydrogen) atoms. The summed E-state index contributed by atoms with van der Waals surface area (Å²) in [4.78, 5) is 14.9. The number of anilines is 1. The maximum absolute atomic E-state index is 13.2. The number of halogens is 1. The number of carbonyl (C=O) groups is 1. The van der Waals surface area contributed by atoms with Crippen LogP contribution in [0.1, 0.15) is 30.9 Å². The van der Waals surface area contributed by atoms with Crippen molar-refractivity contribution in [2.24, 2.45) is 0 Å². The van der Waals surface area contributed by atoms with Crippen LogP contribution < -0.4 is 9.64 Å². The van der Waals surface area contributed by atoms with E-state index < -0.39 is 5.79 Å². The Morgan fingerprint density at radius 2 is 1.89 bits per heavy atom. The summed E-state index contributed by atoms with van der Waals surface area (Å²) in [5, 5.41) is 0.551. The molecule has 0 atom stereocenters. The molecule has 142 valence electrons. The second-order valence-corrected chi connectivity index (χ2v) is 7.15. The summed E-state index contributed by atoms with van der Waals surface area (Å²) in [5.74, 6) is -0.727. The minimum atomic E-state index is -1.36. The first-order valence-corrected chi connectivity index (χ1v) is 9.63. The number of hydrogen-bond acceptors (Lipinski definition) is 4. The molecule has 2 aromatic carbocycles. The summed E-state index contributed by atoms with van der Waals surface area (Å²) in [6, 6.07) is 13.2. The van der Waals surface area contributed by atoms with Gasteiger partial charge in [-0.3, -0.25) is 4.79 Å². The Bertz CT molecular complexity index is 831. The van der Waals surface area contributed by atoms with Crippen LogP contribution in [-0.2, 0) is 26.6 Å². The molecule has 0 bridgehead atoms. The highest BCUT2D eigenvalue weighted by Crippen LogP contribution is 2.47. The molecule has 0 radical (unpaired) electrons. The zero-order valence-electron chi connectivity index (χ0n) is 15.2. The van der Waals surface area contributed by atoms with Gasteiger partial charge in [-0.1, -0.05) is 37.1 Å². The number of fused-ring (bicyclic) bond motifs is 2. The molecule has 2 aliphatic rings. The summed E-state index contributed by atoms with van der Waals surface area (Å²) >= 11 is 6.16. The lowest BCUT2D eigenvalue weighted by Gasteiger charge is -2.22. The zero-order chi connectivity index (χ0) is 18.9. The highest BCUT2D eigenvalue weighted by atomic mass is 35.5. The van der Waals surface area contributed by atoms with Crippen molar-refractivity contribution < 1.29 is 19.0 Å². The SMILES string of the molecule is CCCCOc1ccc(CN2C(=O)C3(OCCO3)c3cc(Cl)ccc32)cc1. The number of unbranched alkanes of at least 4 members (excludes halogenated alkanes) is 1. The molecule has 6 heteroatoms. The maximum Gasteiger partial charge on any atom is 0.292 e. The van der Waals surface area contributed by atoms with Crippen LogP contribution in [0.15, 0.2) is 42.5 Å². The first kappa shape index (κ1) is 18.3. The molecule has 2 aliphatic heterocycles. The van der Waals surface area contributed by atoms with Gasteiger partial charge >= 0.3 is 0 Å². The Hall–Kier alpha value is -2.08.